The maximum absolute atomic E-state index is 13.4. The number of nitrogens with zero attached hydrogens (tertiary/aromatic N) is 4. The Bertz CT molecular complexity index is 1000. The van der Waals surface area contributed by atoms with Crippen molar-refractivity contribution in [1.82, 2.24) is 19.8 Å². The fraction of sp³-hybridized carbons (Fsp3) is 0.0625. The van der Waals surface area contributed by atoms with Gasteiger partial charge in [-0.05, 0) is 46.3 Å². The molecule has 2 heterocycles. The second-order valence-corrected chi connectivity index (χ2v) is 7.81. The highest BCUT2D eigenvalue weighted by molar-refractivity contribution is 9.10. The number of hydrogen-bond acceptors (Lipinski definition) is 5. The highest BCUT2D eigenvalue weighted by Gasteiger charge is 2.14. The average molecular weight is 421 g/mol. The summed E-state index contributed by atoms with van der Waals surface area (Å²) in [6, 6.07) is 15.0. The van der Waals surface area contributed by atoms with Crippen LogP contribution in [0, 0.1) is 5.82 Å². The van der Waals surface area contributed by atoms with E-state index in [4.69, 9.17) is 0 Å². The number of hydrogen-bond donors (Lipinski definition) is 0. The number of aromatic nitrogens is 4. The fourth-order valence-electron chi connectivity index (χ4n) is 2.16. The van der Waals surface area contributed by atoms with Crippen LogP contribution in [0.3, 0.4) is 0 Å². The van der Waals surface area contributed by atoms with Crippen molar-refractivity contribution in [3.05, 3.63) is 64.6 Å². The molecule has 0 unspecified atom stereocenters. The van der Waals surface area contributed by atoms with Gasteiger partial charge in [0.2, 0.25) is 4.96 Å². The van der Waals surface area contributed by atoms with Crippen LogP contribution >= 0.6 is 39.0 Å². The second-order valence-electron chi connectivity index (χ2n) is 4.95. The smallest absolute Gasteiger partial charge is 0.206 e. The summed E-state index contributed by atoms with van der Waals surface area (Å²) in [7, 11) is 0. The van der Waals surface area contributed by atoms with Crippen molar-refractivity contribution in [3.8, 4) is 10.6 Å². The van der Waals surface area contributed by atoms with Crippen molar-refractivity contribution in [2.45, 2.75) is 10.6 Å². The molecular formula is C16H10BrFN4S2. The van der Waals surface area contributed by atoms with E-state index in [1.54, 1.807) is 28.4 Å². The highest BCUT2D eigenvalue weighted by Crippen LogP contribution is 2.30. The maximum Gasteiger partial charge on any atom is 0.235 e. The molecular weight excluding hydrogens is 411 g/mol. The predicted octanol–water partition coefficient (Wildman–Crippen LogP) is 5.05. The first-order valence-electron chi connectivity index (χ1n) is 7.05. The van der Waals surface area contributed by atoms with Crippen molar-refractivity contribution in [2.24, 2.45) is 0 Å². The Kier molecular flexibility index (Phi) is 4.34. The molecule has 2 aromatic carbocycles. The minimum Gasteiger partial charge on any atom is -0.206 e. The Labute approximate surface area is 153 Å². The lowest BCUT2D eigenvalue weighted by molar-refractivity contribution is 0.621. The third-order valence-corrected chi connectivity index (χ3v) is 5.90. The van der Waals surface area contributed by atoms with E-state index in [2.05, 4.69) is 43.4 Å². The normalized spacial score (nSPS) is 11.2. The molecule has 0 saturated carbocycles. The fourth-order valence-corrected chi connectivity index (χ4v) is 4.22. The molecule has 0 amide bonds. The SMILES string of the molecule is Fc1ccc(-c2nn3c(CSc4ccccc4)nnc3s2)cc1Br. The van der Waals surface area contributed by atoms with Crippen molar-refractivity contribution in [1.29, 1.82) is 0 Å². The first-order chi connectivity index (χ1) is 11.7. The summed E-state index contributed by atoms with van der Waals surface area (Å²) in [5.74, 6) is 1.19. The van der Waals surface area contributed by atoms with Crippen molar-refractivity contribution in [2.75, 3.05) is 0 Å². The van der Waals surface area contributed by atoms with Gasteiger partial charge in [0, 0.05) is 10.5 Å². The summed E-state index contributed by atoms with van der Waals surface area (Å²) < 4.78 is 15.6. The molecule has 0 atom stereocenters. The van der Waals surface area contributed by atoms with Gasteiger partial charge in [0.25, 0.3) is 0 Å². The molecule has 0 aliphatic heterocycles. The van der Waals surface area contributed by atoms with Crippen molar-refractivity contribution in [3.63, 3.8) is 0 Å². The van der Waals surface area contributed by atoms with Crippen LogP contribution in [0.1, 0.15) is 5.82 Å². The van der Waals surface area contributed by atoms with Gasteiger partial charge >= 0.3 is 0 Å². The van der Waals surface area contributed by atoms with Crippen LogP contribution in [-0.4, -0.2) is 19.8 Å². The first kappa shape index (κ1) is 15.7. The monoisotopic (exact) mass is 420 g/mol. The highest BCUT2D eigenvalue weighted by atomic mass is 79.9. The van der Waals surface area contributed by atoms with E-state index < -0.39 is 0 Å². The Morgan fingerprint density at radius 1 is 1.12 bits per heavy atom. The zero-order valence-electron chi connectivity index (χ0n) is 12.2. The zero-order valence-corrected chi connectivity index (χ0v) is 15.4. The molecule has 2 aromatic heterocycles. The van der Waals surface area contributed by atoms with Crippen molar-refractivity contribution >= 4 is 44.0 Å². The molecule has 120 valence electrons. The van der Waals surface area contributed by atoms with E-state index in [-0.39, 0.29) is 5.82 Å². The van der Waals surface area contributed by atoms with Gasteiger partial charge in [-0.2, -0.15) is 9.61 Å². The van der Waals surface area contributed by atoms with Crippen molar-refractivity contribution < 1.29 is 4.39 Å². The number of fused-ring (bicyclic) bond motifs is 1. The Morgan fingerprint density at radius 2 is 1.96 bits per heavy atom. The van der Waals surface area contributed by atoms with Gasteiger partial charge < -0.3 is 0 Å². The van der Waals surface area contributed by atoms with E-state index in [9.17, 15) is 4.39 Å². The molecule has 0 saturated heterocycles. The molecule has 0 aliphatic carbocycles. The molecule has 24 heavy (non-hydrogen) atoms. The van der Waals surface area contributed by atoms with Gasteiger partial charge in [0.15, 0.2) is 5.82 Å². The summed E-state index contributed by atoms with van der Waals surface area (Å²) in [6.07, 6.45) is 0. The van der Waals surface area contributed by atoms with E-state index in [1.807, 2.05) is 18.2 Å². The van der Waals surface area contributed by atoms with Gasteiger partial charge in [0.05, 0.1) is 10.2 Å². The van der Waals surface area contributed by atoms with Gasteiger partial charge in [-0.15, -0.1) is 22.0 Å². The van der Waals surface area contributed by atoms with Crippen LogP contribution in [0.5, 0.6) is 0 Å². The molecule has 0 spiro atoms. The zero-order chi connectivity index (χ0) is 16.5. The molecule has 4 rings (SSSR count). The van der Waals surface area contributed by atoms with Gasteiger partial charge in [-0.25, -0.2) is 4.39 Å². The topological polar surface area (TPSA) is 43.1 Å². The van der Waals surface area contributed by atoms with Crippen LogP contribution in [0.4, 0.5) is 4.39 Å². The molecule has 0 fully saturated rings. The third-order valence-electron chi connectivity index (χ3n) is 3.33. The van der Waals surface area contributed by atoms with Crippen LogP contribution in [0.2, 0.25) is 0 Å². The molecule has 8 heteroatoms. The average Bonchev–Trinajstić information content (AvgIpc) is 3.17. The number of benzene rings is 2. The number of rotatable bonds is 4. The quantitative estimate of drug-likeness (QED) is 0.433. The summed E-state index contributed by atoms with van der Waals surface area (Å²) >= 11 is 6.33. The standard InChI is InChI=1S/C16H10BrFN4S2/c17-12-8-10(6-7-13(12)18)15-21-22-14(19-20-16(22)24-15)9-23-11-4-2-1-3-5-11/h1-8H,9H2. The van der Waals surface area contributed by atoms with Crippen LogP contribution in [-0.2, 0) is 5.75 Å². The summed E-state index contributed by atoms with van der Waals surface area (Å²) in [5, 5.41) is 13.8. The summed E-state index contributed by atoms with van der Waals surface area (Å²) in [6.45, 7) is 0. The summed E-state index contributed by atoms with van der Waals surface area (Å²) in [4.78, 5) is 1.90. The molecule has 0 aliphatic rings. The Balaban J connectivity index is 1.62. The van der Waals surface area contributed by atoms with E-state index >= 15 is 0 Å². The number of halogens is 2. The Hall–Kier alpha value is -1.77. The second kappa shape index (κ2) is 6.62. The molecule has 4 nitrogen and oxygen atoms in total. The Morgan fingerprint density at radius 3 is 2.75 bits per heavy atom. The van der Waals surface area contributed by atoms with E-state index in [0.717, 1.165) is 21.4 Å². The predicted molar refractivity (Wildman–Crippen MR) is 97.8 cm³/mol. The van der Waals surface area contributed by atoms with Gasteiger partial charge in [-0.3, -0.25) is 0 Å². The maximum atomic E-state index is 13.4. The summed E-state index contributed by atoms with van der Waals surface area (Å²) in [5.41, 5.74) is 0.848. The lowest BCUT2D eigenvalue weighted by atomic mass is 10.2. The van der Waals surface area contributed by atoms with Crippen LogP contribution in [0.25, 0.3) is 15.5 Å². The molecule has 4 aromatic rings. The van der Waals surface area contributed by atoms with E-state index in [1.165, 1.54) is 22.3 Å². The van der Waals surface area contributed by atoms with Gasteiger partial charge in [0.1, 0.15) is 10.8 Å². The minimum atomic E-state index is -0.290. The lowest BCUT2D eigenvalue weighted by Gasteiger charge is -1.99. The van der Waals surface area contributed by atoms with E-state index in [0.29, 0.717) is 10.2 Å². The largest absolute Gasteiger partial charge is 0.235 e. The van der Waals surface area contributed by atoms with Crippen LogP contribution < -0.4 is 0 Å². The third kappa shape index (κ3) is 3.09. The van der Waals surface area contributed by atoms with Gasteiger partial charge in [-0.1, -0.05) is 29.5 Å². The minimum absolute atomic E-state index is 0.290. The first-order valence-corrected chi connectivity index (χ1v) is 9.64. The number of thioether (sulfide) groups is 1. The molecule has 0 radical (unpaired) electrons. The lowest BCUT2D eigenvalue weighted by Crippen LogP contribution is -1.94. The van der Waals surface area contributed by atoms with Crippen LogP contribution in [0.15, 0.2) is 57.9 Å². The molecule has 0 bridgehead atoms. The molecule has 0 N–H and O–H groups in total.